The molecule has 8 rings (SSSR count). The van der Waals surface area contributed by atoms with Crippen LogP contribution >= 0.6 is 11.3 Å². The number of fused-ring (bicyclic) bond motifs is 4. The minimum atomic E-state index is -0.410. The van der Waals surface area contributed by atoms with Crippen molar-refractivity contribution in [2.45, 2.75) is 50.2 Å². The fraction of sp³-hybridized carbons (Fsp3) is 0.529. The second-order valence-corrected chi connectivity index (χ2v) is 15.1. The quantitative estimate of drug-likeness (QED) is 0.236. The zero-order valence-electron chi connectivity index (χ0n) is 26.3. The number of likely N-dealkylation sites (tertiary alicyclic amines) is 1. The van der Waals surface area contributed by atoms with Crippen LogP contribution in [0.15, 0.2) is 24.4 Å². The Kier molecular flexibility index (Phi) is 7.28. The molecule has 2 aliphatic heterocycles. The maximum absolute atomic E-state index is 14.8. The molecule has 1 aromatic carbocycles. The summed E-state index contributed by atoms with van der Waals surface area (Å²) in [6.07, 6.45) is 9.03. The molecule has 0 radical (unpaired) electrons. The summed E-state index contributed by atoms with van der Waals surface area (Å²) in [5.41, 5.74) is 8.45. The van der Waals surface area contributed by atoms with Gasteiger partial charge in [0.05, 0.1) is 46.2 Å². The monoisotopic (exact) mass is 642 g/mol. The van der Waals surface area contributed by atoms with E-state index in [0.717, 1.165) is 75.2 Å². The lowest BCUT2D eigenvalue weighted by Crippen LogP contribution is -2.54. The third-order valence-corrected chi connectivity index (χ3v) is 11.8. The number of likely N-dealkylation sites (N-methyl/N-ethyl adjacent to an activating group) is 1. The van der Waals surface area contributed by atoms with Crippen molar-refractivity contribution in [3.63, 3.8) is 0 Å². The van der Waals surface area contributed by atoms with Crippen LogP contribution in [0.25, 0.3) is 32.2 Å². The standard InChI is InChI=1S/C34H39FN8O2S/c1-42(2)34(6-3-7-34)17-39-31-24-13-38-26(22-4-5-25(35)29-28(22)23(12-36)30(37)46-29)11-27(24)40-32(41-31)45-19-33(8-9-33)18-43-14-20-10-21(15-43)44-16-20/h4-5,11,13,20-21H,3,6-10,14-19,37H2,1-2H3,(H,39,40,41). The second-order valence-electron chi connectivity index (χ2n) is 14.1. The van der Waals surface area contributed by atoms with E-state index in [-0.39, 0.29) is 16.5 Å². The number of aromatic nitrogens is 3. The summed E-state index contributed by atoms with van der Waals surface area (Å²) < 4.78 is 27.5. The normalized spacial score (nSPS) is 23.0. The molecule has 46 heavy (non-hydrogen) atoms. The summed E-state index contributed by atoms with van der Waals surface area (Å²) in [5.74, 6) is 0.921. The van der Waals surface area contributed by atoms with E-state index in [4.69, 9.17) is 30.2 Å². The summed E-state index contributed by atoms with van der Waals surface area (Å²) in [4.78, 5) is 19.4. The van der Waals surface area contributed by atoms with E-state index >= 15 is 0 Å². The molecular weight excluding hydrogens is 603 g/mol. The Hall–Kier alpha value is -3.63. The van der Waals surface area contributed by atoms with Gasteiger partial charge in [-0.15, -0.1) is 11.3 Å². The lowest BCUT2D eigenvalue weighted by molar-refractivity contribution is 0.0687. The van der Waals surface area contributed by atoms with Crippen LogP contribution in [0.4, 0.5) is 15.2 Å². The van der Waals surface area contributed by atoms with Gasteiger partial charge in [-0.2, -0.15) is 15.2 Å². The smallest absolute Gasteiger partial charge is 0.318 e. The van der Waals surface area contributed by atoms with Crippen LogP contribution in [-0.4, -0.2) is 89.9 Å². The molecule has 4 aliphatic rings. The highest BCUT2D eigenvalue weighted by Gasteiger charge is 2.47. The summed E-state index contributed by atoms with van der Waals surface area (Å²) in [7, 11) is 4.26. The van der Waals surface area contributed by atoms with E-state index in [0.29, 0.717) is 62.3 Å². The third kappa shape index (κ3) is 5.23. The highest BCUT2D eigenvalue weighted by Crippen LogP contribution is 2.47. The van der Waals surface area contributed by atoms with Crippen LogP contribution < -0.4 is 15.8 Å². The van der Waals surface area contributed by atoms with Crippen molar-refractivity contribution in [1.29, 1.82) is 5.26 Å². The minimum Gasteiger partial charge on any atom is -0.463 e. The number of pyridine rings is 1. The molecule has 2 bridgehead atoms. The largest absolute Gasteiger partial charge is 0.463 e. The molecule has 0 spiro atoms. The van der Waals surface area contributed by atoms with E-state index < -0.39 is 5.82 Å². The summed E-state index contributed by atoms with van der Waals surface area (Å²) in [5, 5.41) is 15.0. The molecule has 240 valence electrons. The number of nitrogens with one attached hydrogen (secondary N) is 1. The molecular formula is C34H39FN8O2S. The van der Waals surface area contributed by atoms with Gasteiger partial charge in [0.25, 0.3) is 0 Å². The molecule has 5 heterocycles. The van der Waals surface area contributed by atoms with Crippen molar-refractivity contribution >= 4 is 43.1 Å². The molecule has 3 N–H and O–H groups in total. The van der Waals surface area contributed by atoms with Crippen LogP contribution in [0, 0.1) is 28.5 Å². The number of anilines is 2. The van der Waals surface area contributed by atoms with Gasteiger partial charge in [-0.05, 0) is 76.7 Å². The van der Waals surface area contributed by atoms with Gasteiger partial charge in [-0.3, -0.25) is 9.88 Å². The molecule has 2 saturated heterocycles. The van der Waals surface area contributed by atoms with Crippen molar-refractivity contribution in [3.8, 4) is 23.3 Å². The fourth-order valence-electron chi connectivity index (χ4n) is 7.59. The van der Waals surface area contributed by atoms with Crippen molar-refractivity contribution in [2.24, 2.45) is 11.3 Å². The Bertz CT molecular complexity index is 1850. The first kappa shape index (κ1) is 29.8. The number of nitrogens with two attached hydrogens (primary N) is 1. The van der Waals surface area contributed by atoms with E-state index in [1.54, 1.807) is 12.3 Å². The number of ether oxygens (including phenoxy) is 2. The highest BCUT2D eigenvalue weighted by molar-refractivity contribution is 7.23. The van der Waals surface area contributed by atoms with Crippen molar-refractivity contribution in [1.82, 2.24) is 24.8 Å². The van der Waals surface area contributed by atoms with Gasteiger partial charge < -0.3 is 25.4 Å². The Morgan fingerprint density at radius 3 is 2.80 bits per heavy atom. The Morgan fingerprint density at radius 2 is 2.09 bits per heavy atom. The Morgan fingerprint density at radius 1 is 1.24 bits per heavy atom. The first-order chi connectivity index (χ1) is 22.2. The van der Waals surface area contributed by atoms with Crippen molar-refractivity contribution in [2.75, 3.05) is 64.5 Å². The molecule has 2 aliphatic carbocycles. The van der Waals surface area contributed by atoms with Gasteiger partial charge in [0, 0.05) is 54.3 Å². The predicted octanol–water partition coefficient (Wildman–Crippen LogP) is 5.28. The van der Waals surface area contributed by atoms with Crippen LogP contribution in [0.1, 0.15) is 44.1 Å². The maximum Gasteiger partial charge on any atom is 0.318 e. The number of hydrogen-bond donors (Lipinski definition) is 2. The molecule has 2 saturated carbocycles. The van der Waals surface area contributed by atoms with Crippen molar-refractivity contribution < 1.29 is 13.9 Å². The van der Waals surface area contributed by atoms with Gasteiger partial charge in [0.2, 0.25) is 0 Å². The Balaban J connectivity index is 1.12. The fourth-order valence-corrected chi connectivity index (χ4v) is 8.54. The zero-order valence-corrected chi connectivity index (χ0v) is 27.1. The molecule has 10 nitrogen and oxygen atoms in total. The van der Waals surface area contributed by atoms with Crippen LogP contribution in [0.5, 0.6) is 6.01 Å². The number of benzene rings is 1. The minimum absolute atomic E-state index is 0.0770. The third-order valence-electron chi connectivity index (χ3n) is 10.8. The van der Waals surface area contributed by atoms with Gasteiger partial charge >= 0.3 is 6.01 Å². The highest BCUT2D eigenvalue weighted by atomic mass is 32.1. The number of halogens is 1. The maximum atomic E-state index is 14.8. The number of piperidine rings is 1. The summed E-state index contributed by atoms with van der Waals surface area (Å²) >= 11 is 1.08. The van der Waals surface area contributed by atoms with Gasteiger partial charge in [0.15, 0.2) is 0 Å². The molecule has 4 aromatic rings. The van der Waals surface area contributed by atoms with Gasteiger partial charge in [-0.1, -0.05) is 0 Å². The molecule has 4 fully saturated rings. The van der Waals surface area contributed by atoms with Crippen LogP contribution in [-0.2, 0) is 4.74 Å². The van der Waals surface area contributed by atoms with Gasteiger partial charge in [0.1, 0.15) is 22.7 Å². The number of nitrogens with zero attached hydrogens (tertiary/aromatic N) is 6. The van der Waals surface area contributed by atoms with E-state index in [2.05, 4.69) is 35.3 Å². The summed E-state index contributed by atoms with van der Waals surface area (Å²) in [6, 6.07) is 7.41. The van der Waals surface area contributed by atoms with E-state index in [1.165, 1.54) is 18.9 Å². The van der Waals surface area contributed by atoms with E-state index in [9.17, 15) is 9.65 Å². The van der Waals surface area contributed by atoms with Crippen LogP contribution in [0.3, 0.4) is 0 Å². The SMILES string of the molecule is CN(C)C1(CNc2nc(OCC3(CN4CC5COC(C5)C4)CC3)nc3cc(-c4ccc(F)c5sc(N)c(C#N)c45)ncc23)CCC1. The first-order valence-corrected chi connectivity index (χ1v) is 17.0. The number of hydrogen-bond acceptors (Lipinski definition) is 11. The topological polar surface area (TPSA) is 125 Å². The lowest BCUT2D eigenvalue weighted by atomic mass is 9.75. The lowest BCUT2D eigenvalue weighted by Gasteiger charge is -2.47. The number of nitrogen functional groups attached to an aromatic ring is 1. The Labute approximate surface area is 271 Å². The van der Waals surface area contributed by atoms with Gasteiger partial charge in [-0.25, -0.2) is 4.39 Å². The van der Waals surface area contributed by atoms with Crippen LogP contribution in [0.2, 0.25) is 0 Å². The number of thiophene rings is 1. The number of rotatable bonds is 10. The summed E-state index contributed by atoms with van der Waals surface area (Å²) in [6.45, 7) is 5.30. The average molecular weight is 643 g/mol. The zero-order chi connectivity index (χ0) is 31.6. The first-order valence-electron chi connectivity index (χ1n) is 16.2. The molecule has 12 heteroatoms. The second kappa shape index (κ2) is 11.3. The van der Waals surface area contributed by atoms with E-state index in [1.807, 2.05) is 6.07 Å². The molecule has 3 aromatic heterocycles. The van der Waals surface area contributed by atoms with Crippen molar-refractivity contribution in [3.05, 3.63) is 35.8 Å². The molecule has 2 atom stereocenters. The molecule has 2 unspecified atom stereocenters. The predicted molar refractivity (Wildman–Crippen MR) is 177 cm³/mol. The molecule has 0 amide bonds. The number of nitriles is 1. The average Bonchev–Trinajstić information content (AvgIpc) is 3.57.